The standard InChI is InChI=1S/C13H10N4OS2/c1-8-4-2-3-5-9(8)10-7-19-13(15-10)16-12(18)11-6-14-17-20-11/h2-7H,1H3,(H,15,16,18). The molecule has 0 atom stereocenters. The lowest BCUT2D eigenvalue weighted by Gasteiger charge is -2.01. The van der Waals surface area contributed by atoms with Gasteiger partial charge in [-0.1, -0.05) is 28.8 Å². The van der Waals surface area contributed by atoms with Crippen LogP contribution in [0.15, 0.2) is 35.8 Å². The molecule has 0 radical (unpaired) electrons. The summed E-state index contributed by atoms with van der Waals surface area (Å²) in [4.78, 5) is 16.8. The minimum absolute atomic E-state index is 0.231. The number of aryl methyl sites for hydroxylation is 1. The van der Waals surface area contributed by atoms with Crippen molar-refractivity contribution in [2.45, 2.75) is 6.92 Å². The van der Waals surface area contributed by atoms with E-state index in [0.717, 1.165) is 28.4 Å². The fourth-order valence-electron chi connectivity index (χ4n) is 1.74. The van der Waals surface area contributed by atoms with E-state index in [4.69, 9.17) is 0 Å². The lowest BCUT2D eigenvalue weighted by atomic mass is 10.1. The van der Waals surface area contributed by atoms with Crippen LogP contribution in [-0.2, 0) is 0 Å². The summed E-state index contributed by atoms with van der Waals surface area (Å²) in [6.45, 7) is 2.04. The number of aromatic nitrogens is 3. The van der Waals surface area contributed by atoms with Gasteiger partial charge in [-0.05, 0) is 24.0 Å². The number of amides is 1. The van der Waals surface area contributed by atoms with E-state index in [1.807, 2.05) is 36.6 Å². The zero-order valence-electron chi connectivity index (χ0n) is 10.5. The van der Waals surface area contributed by atoms with Gasteiger partial charge in [-0.15, -0.1) is 16.4 Å². The van der Waals surface area contributed by atoms with Gasteiger partial charge in [-0.3, -0.25) is 10.1 Å². The summed E-state index contributed by atoms with van der Waals surface area (Å²) in [5.74, 6) is -0.231. The third kappa shape index (κ3) is 2.59. The Balaban J connectivity index is 1.81. The zero-order chi connectivity index (χ0) is 13.9. The number of thiazole rings is 1. The van der Waals surface area contributed by atoms with Crippen LogP contribution in [0.25, 0.3) is 11.3 Å². The molecule has 100 valence electrons. The molecular formula is C13H10N4OS2. The molecule has 0 fully saturated rings. The fraction of sp³-hybridized carbons (Fsp3) is 0.0769. The highest BCUT2D eigenvalue weighted by molar-refractivity contribution is 7.14. The van der Waals surface area contributed by atoms with Gasteiger partial charge in [0.05, 0.1) is 11.9 Å². The van der Waals surface area contributed by atoms with E-state index in [1.165, 1.54) is 17.5 Å². The second-order valence-corrected chi connectivity index (χ2v) is 5.73. The zero-order valence-corrected chi connectivity index (χ0v) is 12.2. The highest BCUT2D eigenvalue weighted by Gasteiger charge is 2.12. The van der Waals surface area contributed by atoms with Crippen molar-refractivity contribution in [2.75, 3.05) is 5.32 Å². The second kappa shape index (κ2) is 5.48. The fourth-order valence-corrected chi connectivity index (χ4v) is 2.86. The molecule has 0 unspecified atom stereocenters. The Labute approximate surface area is 123 Å². The molecule has 0 aliphatic carbocycles. The van der Waals surface area contributed by atoms with Crippen LogP contribution in [0.5, 0.6) is 0 Å². The smallest absolute Gasteiger partial charge is 0.270 e. The van der Waals surface area contributed by atoms with Gasteiger partial charge in [0.15, 0.2) is 5.13 Å². The molecule has 0 aliphatic heterocycles. The topological polar surface area (TPSA) is 67.8 Å². The van der Waals surface area contributed by atoms with Crippen LogP contribution >= 0.6 is 22.9 Å². The first kappa shape index (κ1) is 12.9. The van der Waals surface area contributed by atoms with Gasteiger partial charge in [0.1, 0.15) is 4.88 Å². The number of nitrogens with one attached hydrogen (secondary N) is 1. The van der Waals surface area contributed by atoms with Crippen LogP contribution < -0.4 is 5.32 Å². The molecule has 3 rings (SSSR count). The number of carbonyl (C=O) groups excluding carboxylic acids is 1. The van der Waals surface area contributed by atoms with Gasteiger partial charge in [0.25, 0.3) is 5.91 Å². The van der Waals surface area contributed by atoms with Gasteiger partial charge in [-0.25, -0.2) is 4.98 Å². The first-order chi connectivity index (χ1) is 9.74. The van der Waals surface area contributed by atoms with Crippen molar-refractivity contribution in [3.8, 4) is 11.3 Å². The molecule has 7 heteroatoms. The Morgan fingerprint density at radius 3 is 2.90 bits per heavy atom. The molecule has 1 aromatic carbocycles. The van der Waals surface area contributed by atoms with Crippen LogP contribution in [0, 0.1) is 6.92 Å². The van der Waals surface area contributed by atoms with E-state index in [2.05, 4.69) is 19.9 Å². The van der Waals surface area contributed by atoms with Crippen LogP contribution in [0.1, 0.15) is 15.2 Å². The predicted molar refractivity (Wildman–Crippen MR) is 80.1 cm³/mol. The number of benzene rings is 1. The van der Waals surface area contributed by atoms with Crippen LogP contribution in [0.4, 0.5) is 5.13 Å². The van der Waals surface area contributed by atoms with Gasteiger partial charge in [0.2, 0.25) is 0 Å². The average Bonchev–Trinajstić information content (AvgIpc) is 3.10. The lowest BCUT2D eigenvalue weighted by Crippen LogP contribution is -2.09. The Hall–Kier alpha value is -2.12. The predicted octanol–water partition coefficient (Wildman–Crippen LogP) is 3.22. The number of carbonyl (C=O) groups is 1. The largest absolute Gasteiger partial charge is 0.297 e. The molecule has 0 bridgehead atoms. The average molecular weight is 302 g/mol. The van der Waals surface area contributed by atoms with Gasteiger partial charge in [-0.2, -0.15) is 0 Å². The molecule has 0 saturated carbocycles. The van der Waals surface area contributed by atoms with Crippen molar-refractivity contribution in [1.82, 2.24) is 14.6 Å². The highest BCUT2D eigenvalue weighted by Crippen LogP contribution is 2.27. The van der Waals surface area contributed by atoms with Gasteiger partial charge < -0.3 is 0 Å². The Morgan fingerprint density at radius 1 is 1.30 bits per heavy atom. The normalized spacial score (nSPS) is 10.4. The summed E-state index contributed by atoms with van der Waals surface area (Å²) >= 11 is 2.46. The third-order valence-electron chi connectivity index (χ3n) is 2.73. The van der Waals surface area contributed by atoms with Crippen LogP contribution in [0.3, 0.4) is 0 Å². The first-order valence-corrected chi connectivity index (χ1v) is 7.49. The number of hydrogen-bond donors (Lipinski definition) is 1. The maximum atomic E-state index is 11.9. The summed E-state index contributed by atoms with van der Waals surface area (Å²) in [6.07, 6.45) is 1.44. The van der Waals surface area contributed by atoms with E-state index >= 15 is 0 Å². The monoisotopic (exact) mass is 302 g/mol. The lowest BCUT2D eigenvalue weighted by molar-refractivity contribution is 0.103. The molecule has 2 heterocycles. The molecule has 1 N–H and O–H groups in total. The molecule has 0 aliphatic rings. The Morgan fingerprint density at radius 2 is 2.15 bits per heavy atom. The van der Waals surface area contributed by atoms with Crippen LogP contribution in [-0.4, -0.2) is 20.5 Å². The summed E-state index contributed by atoms with van der Waals surface area (Å²) in [7, 11) is 0. The van der Waals surface area contributed by atoms with Crippen molar-refractivity contribution in [2.24, 2.45) is 0 Å². The molecule has 5 nitrogen and oxygen atoms in total. The van der Waals surface area contributed by atoms with E-state index in [-0.39, 0.29) is 5.91 Å². The number of hydrogen-bond acceptors (Lipinski definition) is 6. The second-order valence-electron chi connectivity index (χ2n) is 4.09. The SMILES string of the molecule is Cc1ccccc1-c1csc(NC(=O)c2cnns2)n1. The highest BCUT2D eigenvalue weighted by atomic mass is 32.1. The molecule has 0 spiro atoms. The van der Waals surface area contributed by atoms with E-state index < -0.39 is 0 Å². The molecule has 2 aromatic heterocycles. The molecule has 0 saturated heterocycles. The molecule has 20 heavy (non-hydrogen) atoms. The maximum Gasteiger partial charge on any atom is 0.270 e. The summed E-state index contributed by atoms with van der Waals surface area (Å²) in [5, 5.41) is 8.90. The maximum absolute atomic E-state index is 11.9. The van der Waals surface area contributed by atoms with Crippen LogP contribution in [0.2, 0.25) is 0 Å². The molecular weight excluding hydrogens is 292 g/mol. The quantitative estimate of drug-likeness (QED) is 0.806. The van der Waals surface area contributed by atoms with Crippen molar-refractivity contribution >= 4 is 33.9 Å². The summed E-state index contributed by atoms with van der Waals surface area (Å²) in [5.41, 5.74) is 3.09. The molecule has 3 aromatic rings. The Bertz CT molecular complexity index is 736. The summed E-state index contributed by atoms with van der Waals surface area (Å²) in [6, 6.07) is 8.02. The van der Waals surface area contributed by atoms with Gasteiger partial charge >= 0.3 is 0 Å². The summed E-state index contributed by atoms with van der Waals surface area (Å²) < 4.78 is 3.66. The Kier molecular flexibility index (Phi) is 3.53. The van der Waals surface area contributed by atoms with Crippen molar-refractivity contribution in [1.29, 1.82) is 0 Å². The number of anilines is 1. The number of rotatable bonds is 3. The van der Waals surface area contributed by atoms with Crippen molar-refractivity contribution in [3.63, 3.8) is 0 Å². The van der Waals surface area contributed by atoms with Gasteiger partial charge in [0, 0.05) is 10.9 Å². The van der Waals surface area contributed by atoms with E-state index in [0.29, 0.717) is 10.0 Å². The van der Waals surface area contributed by atoms with E-state index in [1.54, 1.807) is 0 Å². The minimum Gasteiger partial charge on any atom is -0.297 e. The minimum atomic E-state index is -0.231. The number of nitrogens with zero attached hydrogens (tertiary/aromatic N) is 3. The molecule has 1 amide bonds. The van der Waals surface area contributed by atoms with Crippen molar-refractivity contribution in [3.05, 3.63) is 46.3 Å². The van der Waals surface area contributed by atoms with Crippen molar-refractivity contribution < 1.29 is 4.79 Å². The third-order valence-corrected chi connectivity index (χ3v) is 4.15. The van der Waals surface area contributed by atoms with E-state index in [9.17, 15) is 4.79 Å². The first-order valence-electron chi connectivity index (χ1n) is 5.84.